The second-order valence-corrected chi connectivity index (χ2v) is 5.21. The molecule has 4 nitrogen and oxygen atoms in total. The zero-order valence-electron chi connectivity index (χ0n) is 13.0. The van der Waals surface area contributed by atoms with Crippen LogP contribution in [-0.4, -0.2) is 13.1 Å². The molecule has 0 aliphatic rings. The summed E-state index contributed by atoms with van der Waals surface area (Å²) in [6.45, 7) is 3.03. The number of methoxy groups -OCH3 is 1. The Morgan fingerprint density at radius 1 is 1.09 bits per heavy atom. The van der Waals surface area contributed by atoms with Crippen molar-refractivity contribution in [1.29, 1.82) is 0 Å². The maximum Gasteiger partial charge on any atom is 0.315 e. The molecule has 1 atom stereocenters. The van der Waals surface area contributed by atoms with E-state index in [2.05, 4.69) is 10.6 Å². The Labute approximate surface area is 131 Å². The quantitative estimate of drug-likeness (QED) is 0.859. The first-order valence-corrected chi connectivity index (χ1v) is 7.35. The zero-order chi connectivity index (χ0) is 15.8. The number of ether oxygens (including phenoxy) is 1. The van der Waals surface area contributed by atoms with Crippen molar-refractivity contribution >= 4 is 6.03 Å². The number of nitrogens with one attached hydrogen (secondary N) is 2. The molecule has 0 fully saturated rings. The molecule has 0 aliphatic carbocycles. The summed E-state index contributed by atoms with van der Waals surface area (Å²) in [5.41, 5.74) is 3.23. The van der Waals surface area contributed by atoms with Crippen LogP contribution in [0.15, 0.2) is 54.6 Å². The molecule has 2 N–H and O–H groups in total. The standard InChI is InChI=1S/C18H22N2O2/c1-14(17-9-4-3-5-10-17)20-18(21)19-12-15-7-6-8-16(11-15)13-22-2/h3-11,14H,12-13H2,1-2H3,(H2,19,20,21). The van der Waals surface area contributed by atoms with E-state index in [-0.39, 0.29) is 12.1 Å². The first-order valence-electron chi connectivity index (χ1n) is 7.35. The lowest BCUT2D eigenvalue weighted by atomic mass is 10.1. The van der Waals surface area contributed by atoms with E-state index in [1.165, 1.54) is 0 Å². The maximum absolute atomic E-state index is 12.0. The minimum Gasteiger partial charge on any atom is -0.380 e. The van der Waals surface area contributed by atoms with Crippen LogP contribution in [0, 0.1) is 0 Å². The normalized spacial score (nSPS) is 11.7. The van der Waals surface area contributed by atoms with Gasteiger partial charge in [-0.3, -0.25) is 0 Å². The van der Waals surface area contributed by atoms with Crippen molar-refractivity contribution < 1.29 is 9.53 Å². The van der Waals surface area contributed by atoms with E-state index in [1.54, 1.807) is 7.11 Å². The van der Waals surface area contributed by atoms with Gasteiger partial charge in [0, 0.05) is 13.7 Å². The number of urea groups is 1. The van der Waals surface area contributed by atoms with Crippen LogP contribution < -0.4 is 10.6 Å². The summed E-state index contributed by atoms with van der Waals surface area (Å²) in [7, 11) is 1.67. The van der Waals surface area contributed by atoms with Crippen molar-refractivity contribution in [2.45, 2.75) is 26.1 Å². The van der Waals surface area contributed by atoms with Gasteiger partial charge in [-0.1, -0.05) is 54.6 Å². The van der Waals surface area contributed by atoms with Crippen molar-refractivity contribution in [3.05, 3.63) is 71.3 Å². The molecule has 2 aromatic rings. The molecule has 2 amide bonds. The predicted molar refractivity (Wildman–Crippen MR) is 87.4 cm³/mol. The molecule has 116 valence electrons. The smallest absolute Gasteiger partial charge is 0.315 e. The van der Waals surface area contributed by atoms with Crippen LogP contribution in [0.3, 0.4) is 0 Å². The fraction of sp³-hybridized carbons (Fsp3) is 0.278. The molecule has 0 aromatic heterocycles. The second kappa shape index (κ2) is 8.20. The van der Waals surface area contributed by atoms with E-state index in [9.17, 15) is 4.79 Å². The van der Waals surface area contributed by atoms with Crippen molar-refractivity contribution in [3.8, 4) is 0 Å². The number of hydrogen-bond donors (Lipinski definition) is 2. The fourth-order valence-corrected chi connectivity index (χ4v) is 2.25. The summed E-state index contributed by atoms with van der Waals surface area (Å²) >= 11 is 0. The Bertz CT molecular complexity index is 599. The third-order valence-electron chi connectivity index (χ3n) is 3.40. The average molecular weight is 298 g/mol. The average Bonchev–Trinajstić information content (AvgIpc) is 2.54. The van der Waals surface area contributed by atoms with Gasteiger partial charge in [-0.05, 0) is 23.6 Å². The van der Waals surface area contributed by atoms with E-state index < -0.39 is 0 Å². The van der Waals surface area contributed by atoms with Crippen LogP contribution in [0.5, 0.6) is 0 Å². The Kier molecular flexibility index (Phi) is 5.98. The Morgan fingerprint density at radius 2 is 1.82 bits per heavy atom. The Balaban J connectivity index is 1.84. The van der Waals surface area contributed by atoms with Gasteiger partial charge in [0.1, 0.15) is 0 Å². The molecular weight excluding hydrogens is 276 g/mol. The first kappa shape index (κ1) is 16.0. The molecule has 0 aliphatic heterocycles. The van der Waals surface area contributed by atoms with E-state index >= 15 is 0 Å². The number of amides is 2. The van der Waals surface area contributed by atoms with Crippen LogP contribution in [0.4, 0.5) is 4.79 Å². The number of rotatable bonds is 6. The number of benzene rings is 2. The molecule has 0 saturated carbocycles. The highest BCUT2D eigenvalue weighted by molar-refractivity contribution is 5.74. The molecule has 0 radical (unpaired) electrons. The summed E-state index contributed by atoms with van der Waals surface area (Å²) in [5.74, 6) is 0. The molecule has 2 aromatic carbocycles. The van der Waals surface area contributed by atoms with Crippen molar-refractivity contribution in [2.24, 2.45) is 0 Å². The van der Waals surface area contributed by atoms with Crippen molar-refractivity contribution in [3.63, 3.8) is 0 Å². The van der Waals surface area contributed by atoms with Gasteiger partial charge in [0.05, 0.1) is 12.6 Å². The lowest BCUT2D eigenvalue weighted by Gasteiger charge is -2.15. The molecule has 2 rings (SSSR count). The minimum absolute atomic E-state index is 0.0268. The molecule has 22 heavy (non-hydrogen) atoms. The molecule has 0 bridgehead atoms. The number of carbonyl (C=O) groups excluding carboxylic acids is 1. The van der Waals surface area contributed by atoms with E-state index in [4.69, 9.17) is 4.74 Å². The van der Waals surface area contributed by atoms with Gasteiger partial charge in [0.2, 0.25) is 0 Å². The molecule has 0 heterocycles. The maximum atomic E-state index is 12.0. The van der Waals surface area contributed by atoms with Crippen LogP contribution in [-0.2, 0) is 17.9 Å². The summed E-state index contributed by atoms with van der Waals surface area (Å²) in [6.07, 6.45) is 0. The highest BCUT2D eigenvalue weighted by atomic mass is 16.5. The van der Waals surface area contributed by atoms with Crippen molar-refractivity contribution in [2.75, 3.05) is 7.11 Å². The van der Waals surface area contributed by atoms with Crippen LogP contribution >= 0.6 is 0 Å². The van der Waals surface area contributed by atoms with Crippen LogP contribution in [0.2, 0.25) is 0 Å². The Morgan fingerprint density at radius 3 is 2.55 bits per heavy atom. The SMILES string of the molecule is COCc1cccc(CNC(=O)NC(C)c2ccccc2)c1. The zero-order valence-corrected chi connectivity index (χ0v) is 13.0. The van der Waals surface area contributed by atoms with Gasteiger partial charge < -0.3 is 15.4 Å². The third-order valence-corrected chi connectivity index (χ3v) is 3.40. The van der Waals surface area contributed by atoms with E-state index in [0.29, 0.717) is 13.2 Å². The van der Waals surface area contributed by atoms with Crippen LogP contribution in [0.1, 0.15) is 29.7 Å². The van der Waals surface area contributed by atoms with Gasteiger partial charge in [-0.15, -0.1) is 0 Å². The predicted octanol–water partition coefficient (Wildman–Crippen LogP) is 3.39. The fourth-order valence-electron chi connectivity index (χ4n) is 2.25. The second-order valence-electron chi connectivity index (χ2n) is 5.21. The van der Waals surface area contributed by atoms with Crippen molar-refractivity contribution in [1.82, 2.24) is 10.6 Å². The summed E-state index contributed by atoms with van der Waals surface area (Å²) in [6, 6.07) is 17.7. The topological polar surface area (TPSA) is 50.4 Å². The number of hydrogen-bond acceptors (Lipinski definition) is 2. The molecule has 0 saturated heterocycles. The first-order chi connectivity index (χ1) is 10.7. The van der Waals surface area contributed by atoms with Gasteiger partial charge in [0.25, 0.3) is 0 Å². The van der Waals surface area contributed by atoms with E-state index in [0.717, 1.165) is 16.7 Å². The molecule has 4 heteroatoms. The van der Waals surface area contributed by atoms with Gasteiger partial charge in [0.15, 0.2) is 0 Å². The van der Waals surface area contributed by atoms with Gasteiger partial charge in [-0.2, -0.15) is 0 Å². The van der Waals surface area contributed by atoms with Gasteiger partial charge >= 0.3 is 6.03 Å². The minimum atomic E-state index is -0.173. The molecule has 0 spiro atoms. The molecular formula is C18H22N2O2. The summed E-state index contributed by atoms with van der Waals surface area (Å²) in [5, 5.41) is 5.81. The highest BCUT2D eigenvalue weighted by Crippen LogP contribution is 2.11. The Hall–Kier alpha value is -2.33. The van der Waals surface area contributed by atoms with Gasteiger partial charge in [-0.25, -0.2) is 4.79 Å². The largest absolute Gasteiger partial charge is 0.380 e. The van der Waals surface area contributed by atoms with E-state index in [1.807, 2.05) is 61.5 Å². The number of carbonyl (C=O) groups is 1. The lowest BCUT2D eigenvalue weighted by Crippen LogP contribution is -2.36. The third kappa shape index (κ3) is 4.90. The molecule has 1 unspecified atom stereocenters. The highest BCUT2D eigenvalue weighted by Gasteiger charge is 2.08. The van der Waals surface area contributed by atoms with Crippen LogP contribution in [0.25, 0.3) is 0 Å². The lowest BCUT2D eigenvalue weighted by molar-refractivity contribution is 0.185. The monoisotopic (exact) mass is 298 g/mol. The summed E-state index contributed by atoms with van der Waals surface area (Å²) in [4.78, 5) is 12.0. The summed E-state index contributed by atoms with van der Waals surface area (Å²) < 4.78 is 5.11.